The van der Waals surface area contributed by atoms with Crippen LogP contribution in [0.25, 0.3) is 0 Å². The molecule has 0 heterocycles. The average Bonchev–Trinajstić information content (AvgIpc) is 2.77. The number of aliphatic hydroxyl groups excluding tert-OH is 4. The van der Waals surface area contributed by atoms with E-state index < -0.39 is 35.1 Å². The SMILES string of the molecule is CC1(C)CC[C@]2(C(=O)O)[C@@H](O)C[C@]3(C)C(=CC[C@@H]4[C@@]5(C)C[C@H](O)[C@H](O)[C@@](C)(CO)[C@@H]5CC[C@]43C)[C@@H]2C1. The lowest BCUT2D eigenvalue weighted by atomic mass is 9.33. The molecule has 4 saturated carbocycles. The maximum Gasteiger partial charge on any atom is 0.312 e. The van der Waals surface area contributed by atoms with Crippen LogP contribution in [0.3, 0.4) is 0 Å². The second kappa shape index (κ2) is 7.80. The fraction of sp³-hybridized carbons (Fsp3) is 0.900. The smallest absolute Gasteiger partial charge is 0.312 e. The zero-order chi connectivity index (χ0) is 26.7. The van der Waals surface area contributed by atoms with Gasteiger partial charge in [0.2, 0.25) is 0 Å². The molecule has 204 valence electrons. The number of aliphatic carboxylic acids is 1. The molecule has 5 rings (SSSR count). The Kier molecular flexibility index (Phi) is 5.77. The second-order valence-corrected chi connectivity index (χ2v) is 15.2. The van der Waals surface area contributed by atoms with Crippen LogP contribution in [0.15, 0.2) is 11.6 Å². The maximum absolute atomic E-state index is 12.8. The molecule has 5 aliphatic rings. The summed E-state index contributed by atoms with van der Waals surface area (Å²) >= 11 is 0. The Morgan fingerprint density at radius 2 is 1.61 bits per heavy atom. The molecule has 0 spiro atoms. The Morgan fingerprint density at radius 1 is 0.944 bits per heavy atom. The van der Waals surface area contributed by atoms with Gasteiger partial charge in [0.15, 0.2) is 0 Å². The molecular formula is C30H48O6. The minimum absolute atomic E-state index is 0.0242. The van der Waals surface area contributed by atoms with Crippen molar-refractivity contribution < 1.29 is 30.3 Å². The maximum atomic E-state index is 12.8. The molecule has 5 N–H and O–H groups in total. The highest BCUT2D eigenvalue weighted by molar-refractivity contribution is 5.77. The molecule has 36 heavy (non-hydrogen) atoms. The number of hydrogen-bond donors (Lipinski definition) is 5. The first-order chi connectivity index (χ1) is 16.5. The highest BCUT2D eigenvalue weighted by Crippen LogP contribution is 2.75. The summed E-state index contributed by atoms with van der Waals surface area (Å²) in [4.78, 5) is 12.8. The van der Waals surface area contributed by atoms with E-state index in [1.807, 2.05) is 6.92 Å². The van der Waals surface area contributed by atoms with E-state index in [1.54, 1.807) is 0 Å². The monoisotopic (exact) mass is 504 g/mol. The number of fused-ring (bicyclic) bond motifs is 7. The van der Waals surface area contributed by atoms with Gasteiger partial charge in [-0.05, 0) is 90.8 Å². The minimum Gasteiger partial charge on any atom is -0.481 e. The lowest BCUT2D eigenvalue weighted by molar-refractivity contribution is -0.248. The number of aliphatic hydroxyl groups is 4. The van der Waals surface area contributed by atoms with Gasteiger partial charge >= 0.3 is 5.97 Å². The standard InChI is InChI=1S/C30H48O6/c1-25(2)11-12-30(24(35)36)18(13-25)17-7-8-21-26(3)14-19(32)23(34)27(4,16-31)20(26)9-10-28(21,5)29(17,6)15-22(30)33/h7,18-23,31-34H,8-16H2,1-6H3,(H,35,36)/t18-,19-,20+,21+,22-,23-,26-,27-,28+,29+,30+/m0/s1. The Balaban J connectivity index is 1.64. The minimum atomic E-state index is -1.12. The summed E-state index contributed by atoms with van der Waals surface area (Å²) in [7, 11) is 0. The van der Waals surface area contributed by atoms with E-state index in [-0.39, 0.29) is 46.0 Å². The largest absolute Gasteiger partial charge is 0.481 e. The third-order valence-corrected chi connectivity index (χ3v) is 13.2. The molecule has 0 aromatic carbocycles. The summed E-state index contributed by atoms with van der Waals surface area (Å²) in [6, 6.07) is 0. The molecule has 4 fully saturated rings. The van der Waals surface area contributed by atoms with E-state index in [1.165, 1.54) is 5.57 Å². The van der Waals surface area contributed by atoms with Crippen molar-refractivity contribution in [1.29, 1.82) is 0 Å². The molecule has 6 nitrogen and oxygen atoms in total. The summed E-state index contributed by atoms with van der Waals surface area (Å²) in [5.74, 6) is -0.765. The molecule has 0 bridgehead atoms. The van der Waals surface area contributed by atoms with Crippen LogP contribution in [-0.2, 0) is 4.79 Å². The Morgan fingerprint density at radius 3 is 2.22 bits per heavy atom. The van der Waals surface area contributed by atoms with Crippen molar-refractivity contribution in [3.63, 3.8) is 0 Å². The predicted octanol–water partition coefficient (Wildman–Crippen LogP) is 4.15. The van der Waals surface area contributed by atoms with Gasteiger partial charge in [-0.3, -0.25) is 4.79 Å². The van der Waals surface area contributed by atoms with Crippen LogP contribution in [0.4, 0.5) is 0 Å². The van der Waals surface area contributed by atoms with Crippen LogP contribution in [0.5, 0.6) is 0 Å². The summed E-state index contributed by atoms with van der Waals surface area (Å²) < 4.78 is 0. The number of allylic oxidation sites excluding steroid dienone is 2. The van der Waals surface area contributed by atoms with Crippen LogP contribution in [0.2, 0.25) is 0 Å². The third-order valence-electron chi connectivity index (χ3n) is 13.2. The van der Waals surface area contributed by atoms with Gasteiger partial charge in [-0.1, -0.05) is 53.2 Å². The quantitative estimate of drug-likeness (QED) is 0.361. The van der Waals surface area contributed by atoms with Crippen molar-refractivity contribution in [3.05, 3.63) is 11.6 Å². The van der Waals surface area contributed by atoms with Gasteiger partial charge < -0.3 is 25.5 Å². The molecule has 0 radical (unpaired) electrons. The number of carbonyl (C=O) groups is 1. The topological polar surface area (TPSA) is 118 Å². The van der Waals surface area contributed by atoms with Gasteiger partial charge in [0.05, 0.1) is 24.9 Å². The van der Waals surface area contributed by atoms with E-state index in [2.05, 4.69) is 40.7 Å². The fourth-order valence-electron chi connectivity index (χ4n) is 10.9. The Hall–Kier alpha value is -0.950. The predicted molar refractivity (Wildman–Crippen MR) is 137 cm³/mol. The Labute approximate surface area is 216 Å². The van der Waals surface area contributed by atoms with Gasteiger partial charge in [-0.15, -0.1) is 0 Å². The summed E-state index contributed by atoms with van der Waals surface area (Å²) in [5, 5.41) is 54.5. The van der Waals surface area contributed by atoms with Crippen molar-refractivity contribution in [1.82, 2.24) is 0 Å². The van der Waals surface area contributed by atoms with Crippen molar-refractivity contribution in [2.75, 3.05) is 6.61 Å². The van der Waals surface area contributed by atoms with Gasteiger partial charge in [0.25, 0.3) is 0 Å². The first-order valence-electron chi connectivity index (χ1n) is 14.1. The molecule has 0 unspecified atom stereocenters. The van der Waals surface area contributed by atoms with Crippen LogP contribution >= 0.6 is 0 Å². The summed E-state index contributed by atoms with van der Waals surface area (Å²) in [6.07, 6.45) is 5.13. The molecule has 0 amide bonds. The lowest BCUT2D eigenvalue weighted by Crippen LogP contribution is -2.69. The van der Waals surface area contributed by atoms with Crippen LogP contribution in [0, 0.1) is 50.2 Å². The van der Waals surface area contributed by atoms with Crippen LogP contribution < -0.4 is 0 Å². The van der Waals surface area contributed by atoms with E-state index >= 15 is 0 Å². The van der Waals surface area contributed by atoms with Crippen LogP contribution in [0.1, 0.15) is 92.9 Å². The Bertz CT molecular complexity index is 974. The van der Waals surface area contributed by atoms with Gasteiger partial charge in [0.1, 0.15) is 5.41 Å². The molecule has 0 aromatic rings. The number of rotatable bonds is 2. The van der Waals surface area contributed by atoms with E-state index in [0.29, 0.717) is 19.3 Å². The molecule has 0 aliphatic heterocycles. The summed E-state index contributed by atoms with van der Waals surface area (Å²) in [5.41, 5.74) is -1.44. The molecular weight excluding hydrogens is 456 g/mol. The zero-order valence-corrected chi connectivity index (χ0v) is 23.0. The molecule has 0 aromatic heterocycles. The fourth-order valence-corrected chi connectivity index (χ4v) is 10.9. The number of carboxylic acid groups (broad SMARTS) is 1. The second-order valence-electron chi connectivity index (χ2n) is 15.2. The third kappa shape index (κ3) is 3.02. The molecule has 0 saturated heterocycles. The van der Waals surface area contributed by atoms with Crippen molar-refractivity contribution in [2.45, 2.75) is 111 Å². The summed E-state index contributed by atoms with van der Waals surface area (Å²) in [6.45, 7) is 13.1. The van der Waals surface area contributed by atoms with Gasteiger partial charge in [-0.25, -0.2) is 0 Å². The molecule has 6 heteroatoms. The van der Waals surface area contributed by atoms with Gasteiger partial charge in [-0.2, -0.15) is 0 Å². The van der Waals surface area contributed by atoms with Crippen molar-refractivity contribution in [2.24, 2.45) is 50.2 Å². The first-order valence-corrected chi connectivity index (χ1v) is 14.1. The van der Waals surface area contributed by atoms with Crippen LogP contribution in [-0.4, -0.2) is 56.4 Å². The highest BCUT2D eigenvalue weighted by Gasteiger charge is 2.72. The normalized spacial score (nSPS) is 55.9. The lowest BCUT2D eigenvalue weighted by Gasteiger charge is -2.72. The zero-order valence-electron chi connectivity index (χ0n) is 23.0. The number of carboxylic acids is 1. The highest BCUT2D eigenvalue weighted by atomic mass is 16.4. The van der Waals surface area contributed by atoms with Crippen molar-refractivity contribution >= 4 is 5.97 Å². The van der Waals surface area contributed by atoms with E-state index in [9.17, 15) is 30.3 Å². The van der Waals surface area contributed by atoms with Gasteiger partial charge in [0, 0.05) is 5.41 Å². The van der Waals surface area contributed by atoms with E-state index in [0.717, 1.165) is 32.1 Å². The molecule has 5 aliphatic carbocycles. The first kappa shape index (κ1) is 26.6. The van der Waals surface area contributed by atoms with Crippen molar-refractivity contribution in [3.8, 4) is 0 Å². The molecule has 11 atom stereocenters. The average molecular weight is 505 g/mol. The van der Waals surface area contributed by atoms with E-state index in [4.69, 9.17) is 0 Å². The number of hydrogen-bond acceptors (Lipinski definition) is 5.